The van der Waals surface area contributed by atoms with Gasteiger partial charge in [-0.05, 0) is 43.0 Å². The fraction of sp³-hybridized carbons (Fsp3) is 0.316. The summed E-state index contributed by atoms with van der Waals surface area (Å²) >= 11 is 0. The molecule has 0 heterocycles. The van der Waals surface area contributed by atoms with Crippen LogP contribution in [0.15, 0.2) is 47.4 Å². The average molecular weight is 395 g/mol. The molecule has 1 aliphatic carbocycles. The molecule has 3 rings (SSSR count). The van der Waals surface area contributed by atoms with Crippen LogP contribution in [0.25, 0.3) is 0 Å². The maximum Gasteiger partial charge on any atom is 0.314 e. The van der Waals surface area contributed by atoms with E-state index in [-0.39, 0.29) is 16.9 Å². The Morgan fingerprint density at radius 3 is 2.30 bits per heavy atom. The second-order valence-corrected chi connectivity index (χ2v) is 8.37. The van der Waals surface area contributed by atoms with E-state index in [1.54, 1.807) is 6.92 Å². The maximum atomic E-state index is 14.0. The van der Waals surface area contributed by atoms with E-state index in [0.717, 1.165) is 6.07 Å². The normalized spacial score (nSPS) is 16.7. The first-order chi connectivity index (χ1) is 12.7. The van der Waals surface area contributed by atoms with Gasteiger partial charge in [0.1, 0.15) is 11.6 Å². The van der Waals surface area contributed by atoms with Crippen LogP contribution in [0.5, 0.6) is 0 Å². The SMILES string of the molecule is CCC(NS(=O)(=O)c1ccc(C2(C(=O)O)CC2)cc1)c1ccc(F)cc1F. The van der Waals surface area contributed by atoms with Gasteiger partial charge in [-0.15, -0.1) is 0 Å². The lowest BCUT2D eigenvalue weighted by Gasteiger charge is -2.19. The van der Waals surface area contributed by atoms with Crippen molar-refractivity contribution in [1.82, 2.24) is 4.72 Å². The molecule has 1 fully saturated rings. The minimum Gasteiger partial charge on any atom is -0.481 e. The van der Waals surface area contributed by atoms with Gasteiger partial charge in [-0.25, -0.2) is 21.9 Å². The number of hydrogen-bond donors (Lipinski definition) is 2. The van der Waals surface area contributed by atoms with E-state index in [1.807, 2.05) is 0 Å². The zero-order valence-electron chi connectivity index (χ0n) is 14.6. The van der Waals surface area contributed by atoms with Gasteiger partial charge in [-0.1, -0.05) is 25.1 Å². The molecular weight excluding hydrogens is 376 g/mol. The van der Waals surface area contributed by atoms with E-state index in [2.05, 4.69) is 4.72 Å². The molecule has 0 spiro atoms. The Labute approximate surface area is 156 Å². The number of carboxylic acid groups (broad SMARTS) is 1. The number of halogens is 2. The third-order valence-corrected chi connectivity index (χ3v) is 6.41. The molecule has 0 aliphatic heterocycles. The minimum atomic E-state index is -3.97. The fourth-order valence-corrected chi connectivity index (χ4v) is 4.41. The van der Waals surface area contributed by atoms with E-state index in [1.165, 1.54) is 30.3 Å². The molecule has 8 heteroatoms. The largest absolute Gasteiger partial charge is 0.481 e. The van der Waals surface area contributed by atoms with Gasteiger partial charge in [-0.2, -0.15) is 0 Å². The smallest absolute Gasteiger partial charge is 0.314 e. The van der Waals surface area contributed by atoms with Crippen LogP contribution in [0.2, 0.25) is 0 Å². The number of rotatable bonds is 7. The molecule has 5 nitrogen and oxygen atoms in total. The third-order valence-electron chi connectivity index (χ3n) is 4.92. The Morgan fingerprint density at radius 1 is 1.19 bits per heavy atom. The number of hydrogen-bond acceptors (Lipinski definition) is 3. The first-order valence-electron chi connectivity index (χ1n) is 8.51. The Kier molecular flexibility index (Phi) is 5.05. The summed E-state index contributed by atoms with van der Waals surface area (Å²) in [6.07, 6.45) is 1.31. The van der Waals surface area contributed by atoms with Crippen molar-refractivity contribution < 1.29 is 27.1 Å². The summed E-state index contributed by atoms with van der Waals surface area (Å²) in [6, 6.07) is 7.82. The second-order valence-electron chi connectivity index (χ2n) is 6.66. The van der Waals surface area contributed by atoms with Crippen molar-refractivity contribution in [2.75, 3.05) is 0 Å². The number of aliphatic carboxylic acids is 1. The van der Waals surface area contributed by atoms with Gasteiger partial charge in [0.2, 0.25) is 10.0 Å². The van der Waals surface area contributed by atoms with Crippen molar-refractivity contribution in [1.29, 1.82) is 0 Å². The summed E-state index contributed by atoms with van der Waals surface area (Å²) < 4.78 is 54.8. The number of sulfonamides is 1. The molecule has 1 unspecified atom stereocenters. The molecule has 0 radical (unpaired) electrons. The quantitative estimate of drug-likeness (QED) is 0.752. The van der Waals surface area contributed by atoms with Gasteiger partial charge in [0, 0.05) is 17.7 Å². The lowest BCUT2D eigenvalue weighted by Crippen LogP contribution is -2.29. The van der Waals surface area contributed by atoms with Gasteiger partial charge in [0.15, 0.2) is 0 Å². The van der Waals surface area contributed by atoms with Crippen molar-refractivity contribution in [3.63, 3.8) is 0 Å². The van der Waals surface area contributed by atoms with Crippen LogP contribution in [0, 0.1) is 11.6 Å². The maximum absolute atomic E-state index is 14.0. The van der Waals surface area contributed by atoms with Crippen LogP contribution in [0.4, 0.5) is 8.78 Å². The Hall–Kier alpha value is -2.32. The minimum absolute atomic E-state index is 0.0478. The first-order valence-corrected chi connectivity index (χ1v) is 9.99. The van der Waals surface area contributed by atoms with Gasteiger partial charge in [0.05, 0.1) is 10.3 Å². The molecule has 1 atom stereocenters. The summed E-state index contributed by atoms with van der Waals surface area (Å²) in [7, 11) is -3.97. The predicted octanol–water partition coefficient (Wildman–Crippen LogP) is 3.51. The van der Waals surface area contributed by atoms with E-state index in [9.17, 15) is 27.1 Å². The predicted molar refractivity (Wildman–Crippen MR) is 94.7 cm³/mol. The lowest BCUT2D eigenvalue weighted by atomic mass is 9.96. The molecule has 144 valence electrons. The summed E-state index contributed by atoms with van der Waals surface area (Å²) in [4.78, 5) is 11.3. The monoisotopic (exact) mass is 395 g/mol. The Morgan fingerprint density at radius 2 is 1.81 bits per heavy atom. The highest BCUT2D eigenvalue weighted by Crippen LogP contribution is 2.48. The van der Waals surface area contributed by atoms with E-state index >= 15 is 0 Å². The fourth-order valence-electron chi connectivity index (χ4n) is 3.11. The molecule has 2 aromatic rings. The molecular formula is C19H19F2NO4S. The van der Waals surface area contributed by atoms with Crippen LogP contribution in [0.1, 0.15) is 43.4 Å². The lowest BCUT2D eigenvalue weighted by molar-refractivity contribution is -0.140. The van der Waals surface area contributed by atoms with Crippen LogP contribution < -0.4 is 4.72 Å². The summed E-state index contributed by atoms with van der Waals surface area (Å²) in [6.45, 7) is 1.68. The summed E-state index contributed by atoms with van der Waals surface area (Å²) in [5, 5.41) is 9.32. The van der Waals surface area contributed by atoms with Gasteiger partial charge in [-0.3, -0.25) is 4.79 Å². The van der Waals surface area contributed by atoms with Crippen molar-refractivity contribution >= 4 is 16.0 Å². The van der Waals surface area contributed by atoms with E-state index in [0.29, 0.717) is 24.5 Å². The van der Waals surface area contributed by atoms with Crippen LogP contribution in [-0.4, -0.2) is 19.5 Å². The van der Waals surface area contributed by atoms with Gasteiger partial charge < -0.3 is 5.11 Å². The number of benzene rings is 2. The van der Waals surface area contributed by atoms with Crippen molar-refractivity contribution in [2.45, 2.75) is 42.5 Å². The Balaban J connectivity index is 1.84. The topological polar surface area (TPSA) is 83.5 Å². The molecule has 0 aromatic heterocycles. The van der Waals surface area contributed by atoms with E-state index < -0.39 is 39.1 Å². The van der Waals surface area contributed by atoms with Crippen molar-refractivity contribution in [3.05, 3.63) is 65.2 Å². The van der Waals surface area contributed by atoms with Crippen molar-refractivity contribution in [2.24, 2.45) is 0 Å². The van der Waals surface area contributed by atoms with Crippen LogP contribution >= 0.6 is 0 Å². The van der Waals surface area contributed by atoms with Crippen LogP contribution in [-0.2, 0) is 20.2 Å². The molecule has 1 aliphatic rings. The highest BCUT2D eigenvalue weighted by molar-refractivity contribution is 7.89. The van der Waals surface area contributed by atoms with Crippen LogP contribution in [0.3, 0.4) is 0 Å². The molecule has 2 N–H and O–H groups in total. The summed E-state index contributed by atoms with van der Waals surface area (Å²) in [5.41, 5.74) is -0.300. The van der Waals surface area contributed by atoms with Crippen molar-refractivity contribution in [3.8, 4) is 0 Å². The first kappa shape index (κ1) is 19.4. The van der Waals surface area contributed by atoms with Gasteiger partial charge >= 0.3 is 5.97 Å². The standard InChI is InChI=1S/C19H19F2NO4S/c1-2-17(15-8-5-13(20)11-16(15)21)22-27(25,26)14-6-3-12(4-7-14)19(9-10-19)18(23)24/h3-8,11,17,22H,2,9-10H2,1H3,(H,23,24). The molecule has 2 aromatic carbocycles. The molecule has 0 bridgehead atoms. The average Bonchev–Trinajstić information content (AvgIpc) is 3.42. The zero-order valence-corrected chi connectivity index (χ0v) is 15.4. The summed E-state index contributed by atoms with van der Waals surface area (Å²) in [5.74, 6) is -2.48. The number of carbonyl (C=O) groups is 1. The number of carboxylic acids is 1. The third kappa shape index (κ3) is 3.72. The van der Waals surface area contributed by atoms with E-state index in [4.69, 9.17) is 0 Å². The highest BCUT2D eigenvalue weighted by atomic mass is 32.2. The molecule has 0 saturated heterocycles. The number of nitrogens with one attached hydrogen (secondary N) is 1. The zero-order chi connectivity index (χ0) is 19.8. The molecule has 0 amide bonds. The Bertz CT molecular complexity index is 970. The highest BCUT2D eigenvalue weighted by Gasteiger charge is 2.51. The van der Waals surface area contributed by atoms with Gasteiger partial charge in [0.25, 0.3) is 0 Å². The second kappa shape index (κ2) is 7.01. The molecule has 1 saturated carbocycles. The molecule has 27 heavy (non-hydrogen) atoms.